The molecule has 2 aromatic rings. The number of hydrogen-bond donors (Lipinski definition) is 3. The van der Waals surface area contributed by atoms with Crippen LogP contribution in [0, 0.1) is 11.3 Å². The topological polar surface area (TPSA) is 105 Å². The number of ether oxygens (including phenoxy) is 1. The minimum absolute atomic E-state index is 0.00524. The van der Waals surface area contributed by atoms with Crippen LogP contribution >= 0.6 is 0 Å². The molecule has 0 heterocycles. The highest BCUT2D eigenvalue weighted by Crippen LogP contribution is 2.44. The number of amides is 2. The second-order valence-electron chi connectivity index (χ2n) is 9.24. The van der Waals surface area contributed by atoms with Gasteiger partial charge in [-0.25, -0.2) is 4.79 Å². The SMILES string of the molecule is CC(C)(CNC(=O)C1CC(NC(=O)OCC2c3ccccc3-c3ccccc32)C1)C(=O)O. The van der Waals surface area contributed by atoms with Crippen molar-refractivity contribution in [1.82, 2.24) is 10.6 Å². The Hall–Kier alpha value is -3.35. The van der Waals surface area contributed by atoms with Gasteiger partial charge in [-0.2, -0.15) is 0 Å². The molecule has 1 fully saturated rings. The van der Waals surface area contributed by atoms with Gasteiger partial charge < -0.3 is 20.5 Å². The summed E-state index contributed by atoms with van der Waals surface area (Å²) in [6, 6.07) is 16.2. The average Bonchev–Trinajstić information content (AvgIpc) is 3.06. The first-order chi connectivity index (χ1) is 15.3. The summed E-state index contributed by atoms with van der Waals surface area (Å²) in [5.41, 5.74) is 3.66. The summed E-state index contributed by atoms with van der Waals surface area (Å²) in [7, 11) is 0. The van der Waals surface area contributed by atoms with Crippen molar-refractivity contribution in [2.75, 3.05) is 13.2 Å². The number of nitrogens with one attached hydrogen (secondary N) is 2. The number of alkyl carbamates (subject to hydrolysis) is 1. The highest BCUT2D eigenvalue weighted by atomic mass is 16.5. The van der Waals surface area contributed by atoms with Gasteiger partial charge in [-0.15, -0.1) is 0 Å². The predicted octanol–water partition coefficient (Wildman–Crippen LogP) is 3.53. The lowest BCUT2D eigenvalue weighted by molar-refractivity contribution is -0.147. The Kier molecular flexibility index (Phi) is 5.91. The van der Waals surface area contributed by atoms with Crippen molar-refractivity contribution in [3.63, 3.8) is 0 Å². The first kappa shape index (κ1) is 21.9. The van der Waals surface area contributed by atoms with Crippen molar-refractivity contribution < 1.29 is 24.2 Å². The Morgan fingerprint density at radius 3 is 2.12 bits per heavy atom. The molecule has 0 aliphatic heterocycles. The summed E-state index contributed by atoms with van der Waals surface area (Å²) < 4.78 is 5.54. The fourth-order valence-electron chi connectivity index (χ4n) is 4.28. The third kappa shape index (κ3) is 4.33. The van der Waals surface area contributed by atoms with Gasteiger partial charge in [0.05, 0.1) is 5.41 Å². The van der Waals surface area contributed by atoms with Crippen LogP contribution in [0.15, 0.2) is 48.5 Å². The summed E-state index contributed by atoms with van der Waals surface area (Å²) in [5, 5.41) is 14.7. The molecular formula is C25H28N2O5. The van der Waals surface area contributed by atoms with Crippen LogP contribution in [0.5, 0.6) is 0 Å². The number of carbonyl (C=O) groups is 3. The zero-order valence-electron chi connectivity index (χ0n) is 18.3. The van der Waals surface area contributed by atoms with Gasteiger partial charge in [-0.05, 0) is 48.9 Å². The van der Waals surface area contributed by atoms with Crippen LogP contribution < -0.4 is 10.6 Å². The molecule has 168 valence electrons. The highest BCUT2D eigenvalue weighted by molar-refractivity contribution is 5.82. The van der Waals surface area contributed by atoms with Crippen LogP contribution in [0.2, 0.25) is 0 Å². The van der Waals surface area contributed by atoms with E-state index in [1.165, 1.54) is 11.1 Å². The monoisotopic (exact) mass is 436 g/mol. The Bertz CT molecular complexity index is 997. The Morgan fingerprint density at radius 1 is 1.00 bits per heavy atom. The molecule has 0 unspecified atom stereocenters. The van der Waals surface area contributed by atoms with Gasteiger partial charge in [0.1, 0.15) is 6.61 Å². The predicted molar refractivity (Wildman–Crippen MR) is 119 cm³/mol. The van der Waals surface area contributed by atoms with Crippen LogP contribution in [0.1, 0.15) is 43.7 Å². The number of fused-ring (bicyclic) bond motifs is 3. The van der Waals surface area contributed by atoms with E-state index in [1.54, 1.807) is 13.8 Å². The second-order valence-corrected chi connectivity index (χ2v) is 9.24. The Morgan fingerprint density at radius 2 is 1.56 bits per heavy atom. The number of carbonyl (C=O) groups excluding carboxylic acids is 2. The van der Waals surface area contributed by atoms with Gasteiger partial charge in [0.15, 0.2) is 0 Å². The van der Waals surface area contributed by atoms with E-state index in [4.69, 9.17) is 9.84 Å². The summed E-state index contributed by atoms with van der Waals surface area (Å²) in [6.45, 7) is 3.46. The number of carboxylic acid groups (broad SMARTS) is 1. The van der Waals surface area contributed by atoms with E-state index in [0.29, 0.717) is 12.8 Å². The summed E-state index contributed by atoms with van der Waals surface area (Å²) in [6.07, 6.45) is 0.551. The third-order valence-corrected chi connectivity index (χ3v) is 6.46. The molecule has 0 radical (unpaired) electrons. The van der Waals surface area contributed by atoms with Gasteiger partial charge in [0.2, 0.25) is 5.91 Å². The summed E-state index contributed by atoms with van der Waals surface area (Å²) in [4.78, 5) is 35.7. The van der Waals surface area contributed by atoms with Crippen LogP contribution in [0.3, 0.4) is 0 Å². The lowest BCUT2D eigenvalue weighted by atomic mass is 9.79. The molecular weight excluding hydrogens is 408 g/mol. The van der Waals surface area contributed by atoms with Gasteiger partial charge in [0, 0.05) is 24.4 Å². The molecule has 2 aliphatic carbocycles. The first-order valence-corrected chi connectivity index (χ1v) is 10.9. The van der Waals surface area contributed by atoms with Gasteiger partial charge in [-0.1, -0.05) is 48.5 Å². The molecule has 2 amide bonds. The Balaban J connectivity index is 1.24. The molecule has 32 heavy (non-hydrogen) atoms. The number of benzene rings is 2. The van der Waals surface area contributed by atoms with E-state index in [9.17, 15) is 14.4 Å². The summed E-state index contributed by atoms with van der Waals surface area (Å²) in [5.74, 6) is -1.35. The Labute approximate surface area is 187 Å². The standard InChI is InChI=1S/C25H28N2O5/c1-25(2,23(29)30)14-26-22(28)15-11-16(12-15)27-24(31)32-13-21-19-9-5-3-7-17(19)18-8-4-6-10-20(18)21/h3-10,15-16,21H,11-14H2,1-2H3,(H,26,28)(H,27,31)(H,29,30). The van der Waals surface area contributed by atoms with E-state index in [2.05, 4.69) is 34.9 Å². The molecule has 4 rings (SSSR count). The van der Waals surface area contributed by atoms with E-state index in [0.717, 1.165) is 11.1 Å². The van der Waals surface area contributed by atoms with Crippen molar-refractivity contribution in [3.8, 4) is 11.1 Å². The van der Waals surface area contributed by atoms with Crippen molar-refractivity contribution in [2.45, 2.75) is 38.6 Å². The number of rotatable bonds is 7. The molecule has 3 N–H and O–H groups in total. The second kappa shape index (κ2) is 8.65. The zero-order valence-corrected chi connectivity index (χ0v) is 18.3. The molecule has 0 aromatic heterocycles. The fraction of sp³-hybridized carbons (Fsp3) is 0.400. The smallest absolute Gasteiger partial charge is 0.407 e. The minimum Gasteiger partial charge on any atom is -0.481 e. The van der Waals surface area contributed by atoms with Gasteiger partial charge >= 0.3 is 12.1 Å². The first-order valence-electron chi connectivity index (χ1n) is 10.9. The summed E-state index contributed by atoms with van der Waals surface area (Å²) >= 11 is 0. The third-order valence-electron chi connectivity index (χ3n) is 6.46. The molecule has 0 saturated heterocycles. The normalized spacial score (nSPS) is 19.3. The van der Waals surface area contributed by atoms with E-state index >= 15 is 0 Å². The molecule has 2 aliphatic rings. The van der Waals surface area contributed by atoms with Crippen LogP contribution in [-0.2, 0) is 14.3 Å². The van der Waals surface area contributed by atoms with E-state index < -0.39 is 17.5 Å². The van der Waals surface area contributed by atoms with E-state index in [1.807, 2.05) is 24.3 Å². The molecule has 0 spiro atoms. The molecule has 0 bridgehead atoms. The maximum atomic E-state index is 12.3. The van der Waals surface area contributed by atoms with Crippen molar-refractivity contribution in [3.05, 3.63) is 59.7 Å². The quantitative estimate of drug-likeness (QED) is 0.616. The number of aliphatic carboxylic acids is 1. The van der Waals surface area contributed by atoms with Crippen molar-refractivity contribution in [2.24, 2.45) is 11.3 Å². The molecule has 7 heteroatoms. The zero-order chi connectivity index (χ0) is 22.9. The largest absolute Gasteiger partial charge is 0.481 e. The average molecular weight is 437 g/mol. The molecule has 0 atom stereocenters. The maximum Gasteiger partial charge on any atom is 0.407 e. The molecule has 7 nitrogen and oxygen atoms in total. The molecule has 1 saturated carbocycles. The highest BCUT2D eigenvalue weighted by Gasteiger charge is 2.37. The van der Waals surface area contributed by atoms with Gasteiger partial charge in [-0.3, -0.25) is 9.59 Å². The van der Waals surface area contributed by atoms with Crippen molar-refractivity contribution >= 4 is 18.0 Å². The lowest BCUT2D eigenvalue weighted by Gasteiger charge is -2.35. The van der Waals surface area contributed by atoms with Crippen LogP contribution in [-0.4, -0.2) is 42.3 Å². The number of hydrogen-bond acceptors (Lipinski definition) is 4. The van der Waals surface area contributed by atoms with Crippen molar-refractivity contribution in [1.29, 1.82) is 0 Å². The minimum atomic E-state index is -1.02. The number of carboxylic acids is 1. The fourth-order valence-corrected chi connectivity index (χ4v) is 4.28. The lowest BCUT2D eigenvalue weighted by Crippen LogP contribution is -2.51. The maximum absolute atomic E-state index is 12.3. The molecule has 2 aromatic carbocycles. The van der Waals surface area contributed by atoms with Crippen LogP contribution in [0.4, 0.5) is 4.79 Å². The van der Waals surface area contributed by atoms with Crippen LogP contribution in [0.25, 0.3) is 11.1 Å². The van der Waals surface area contributed by atoms with Gasteiger partial charge in [0.25, 0.3) is 0 Å². The van der Waals surface area contributed by atoms with E-state index in [-0.39, 0.29) is 36.9 Å².